The van der Waals surface area contributed by atoms with Gasteiger partial charge in [-0.05, 0) is 14.0 Å². The van der Waals surface area contributed by atoms with E-state index in [4.69, 9.17) is 18.0 Å². The number of ether oxygens (including phenoxy) is 1. The Morgan fingerprint density at radius 3 is 2.21 bits per heavy atom. The lowest BCUT2D eigenvalue weighted by Gasteiger charge is -2.38. The summed E-state index contributed by atoms with van der Waals surface area (Å²) in [6, 6.07) is 0. The SMILES string of the molecule is CCO[Si]1(CN2CCN(C)CC2)OCCOCCO1. The van der Waals surface area contributed by atoms with Crippen LogP contribution in [0.25, 0.3) is 0 Å². The standard InChI is InChI=1S/C12H26N2O4Si/c1-3-16-19(17-10-8-15-9-11-18-19)12-14-6-4-13(2)5-7-14/h3-12H2,1-2H3. The highest BCUT2D eigenvalue weighted by molar-refractivity contribution is 6.60. The summed E-state index contributed by atoms with van der Waals surface area (Å²) in [5.41, 5.74) is 0. The number of rotatable bonds is 4. The zero-order chi connectivity index (χ0) is 13.6. The van der Waals surface area contributed by atoms with Gasteiger partial charge in [0.2, 0.25) is 0 Å². The molecule has 0 unspecified atom stereocenters. The van der Waals surface area contributed by atoms with Crippen molar-refractivity contribution in [3.8, 4) is 0 Å². The maximum Gasteiger partial charge on any atom is 0.515 e. The third kappa shape index (κ3) is 4.78. The van der Waals surface area contributed by atoms with Crippen molar-refractivity contribution in [2.45, 2.75) is 6.92 Å². The monoisotopic (exact) mass is 290 g/mol. The van der Waals surface area contributed by atoms with E-state index in [1.165, 1.54) is 0 Å². The Morgan fingerprint density at radius 1 is 1.00 bits per heavy atom. The first-order valence-electron chi connectivity index (χ1n) is 7.14. The van der Waals surface area contributed by atoms with E-state index in [0.29, 0.717) is 33.0 Å². The van der Waals surface area contributed by atoms with E-state index in [0.717, 1.165) is 32.3 Å². The molecule has 2 saturated heterocycles. The number of hydrogen-bond donors (Lipinski definition) is 0. The molecule has 0 aliphatic carbocycles. The molecular formula is C12H26N2O4Si. The van der Waals surface area contributed by atoms with Crippen molar-refractivity contribution in [1.29, 1.82) is 0 Å². The van der Waals surface area contributed by atoms with Gasteiger partial charge in [0.15, 0.2) is 0 Å². The number of piperazine rings is 1. The Hall–Kier alpha value is -0.0231. The first-order valence-corrected chi connectivity index (χ1v) is 9.08. The molecule has 2 rings (SSSR count). The van der Waals surface area contributed by atoms with Gasteiger partial charge in [0, 0.05) is 32.8 Å². The summed E-state index contributed by atoms with van der Waals surface area (Å²) in [5, 5.41) is 0. The first kappa shape index (κ1) is 15.4. The minimum atomic E-state index is -2.55. The molecule has 2 heterocycles. The van der Waals surface area contributed by atoms with Crippen LogP contribution in [0.5, 0.6) is 0 Å². The molecule has 0 N–H and O–H groups in total. The van der Waals surface area contributed by atoms with Crippen LogP contribution in [-0.4, -0.2) is 91.0 Å². The summed E-state index contributed by atoms with van der Waals surface area (Å²) >= 11 is 0. The summed E-state index contributed by atoms with van der Waals surface area (Å²) in [6.07, 6.45) is 0.800. The Kier molecular flexibility index (Phi) is 6.21. The van der Waals surface area contributed by atoms with Gasteiger partial charge >= 0.3 is 8.80 Å². The Balaban J connectivity index is 1.92. The lowest BCUT2D eigenvalue weighted by Crippen LogP contribution is -2.59. The molecule has 0 bridgehead atoms. The zero-order valence-electron chi connectivity index (χ0n) is 12.1. The molecule has 2 aliphatic rings. The third-order valence-electron chi connectivity index (χ3n) is 3.48. The highest BCUT2D eigenvalue weighted by Crippen LogP contribution is 2.15. The van der Waals surface area contributed by atoms with Crippen LogP contribution in [0, 0.1) is 0 Å². The van der Waals surface area contributed by atoms with E-state index in [2.05, 4.69) is 16.8 Å². The lowest BCUT2D eigenvalue weighted by atomic mass is 10.4. The van der Waals surface area contributed by atoms with E-state index in [-0.39, 0.29) is 0 Å². The van der Waals surface area contributed by atoms with Gasteiger partial charge in [0.1, 0.15) is 0 Å². The molecule has 6 nitrogen and oxygen atoms in total. The van der Waals surface area contributed by atoms with Crippen LogP contribution in [0.3, 0.4) is 0 Å². The molecule has 0 aromatic rings. The molecule has 2 aliphatic heterocycles. The third-order valence-corrected chi connectivity index (χ3v) is 6.33. The molecule has 0 aromatic carbocycles. The Bertz CT molecular complexity index is 254. The van der Waals surface area contributed by atoms with Crippen molar-refractivity contribution in [3.63, 3.8) is 0 Å². The van der Waals surface area contributed by atoms with E-state index < -0.39 is 8.80 Å². The number of likely N-dealkylation sites (N-methyl/N-ethyl adjacent to an activating group) is 1. The molecular weight excluding hydrogens is 264 g/mol. The van der Waals surface area contributed by atoms with Gasteiger partial charge in [0.25, 0.3) is 0 Å². The first-order chi connectivity index (χ1) is 9.24. The molecule has 0 atom stereocenters. The summed E-state index contributed by atoms with van der Waals surface area (Å²) in [6.45, 7) is 9.35. The van der Waals surface area contributed by atoms with Crippen molar-refractivity contribution >= 4 is 8.80 Å². The second-order valence-electron chi connectivity index (χ2n) is 5.00. The Labute approximate surface area is 116 Å². The van der Waals surface area contributed by atoms with Gasteiger partial charge in [-0.2, -0.15) is 0 Å². The number of nitrogens with zero attached hydrogens (tertiary/aromatic N) is 2. The van der Waals surface area contributed by atoms with Crippen LogP contribution < -0.4 is 0 Å². The fourth-order valence-corrected chi connectivity index (χ4v) is 4.99. The van der Waals surface area contributed by atoms with Crippen LogP contribution in [0.1, 0.15) is 6.92 Å². The van der Waals surface area contributed by atoms with Gasteiger partial charge < -0.3 is 22.9 Å². The van der Waals surface area contributed by atoms with Crippen molar-refractivity contribution in [2.24, 2.45) is 0 Å². The van der Waals surface area contributed by atoms with Crippen LogP contribution in [0.4, 0.5) is 0 Å². The van der Waals surface area contributed by atoms with Crippen LogP contribution in [0.15, 0.2) is 0 Å². The van der Waals surface area contributed by atoms with E-state index >= 15 is 0 Å². The quantitative estimate of drug-likeness (QED) is 0.669. The molecule has 19 heavy (non-hydrogen) atoms. The maximum absolute atomic E-state index is 5.95. The second-order valence-corrected chi connectivity index (χ2v) is 7.55. The normalized spacial score (nSPS) is 26.8. The van der Waals surface area contributed by atoms with Crippen molar-refractivity contribution < 1.29 is 18.0 Å². The predicted octanol–water partition coefficient (Wildman–Crippen LogP) is -0.188. The fourth-order valence-electron chi connectivity index (χ4n) is 2.38. The topological polar surface area (TPSA) is 43.4 Å². The average molecular weight is 290 g/mol. The minimum absolute atomic E-state index is 0.569. The van der Waals surface area contributed by atoms with Crippen molar-refractivity contribution in [3.05, 3.63) is 0 Å². The van der Waals surface area contributed by atoms with Crippen LogP contribution >= 0.6 is 0 Å². The summed E-state index contributed by atoms with van der Waals surface area (Å²) in [4.78, 5) is 4.75. The summed E-state index contributed by atoms with van der Waals surface area (Å²) in [7, 11) is -0.387. The van der Waals surface area contributed by atoms with E-state index in [1.807, 2.05) is 6.92 Å². The van der Waals surface area contributed by atoms with Gasteiger partial charge in [-0.15, -0.1) is 0 Å². The highest BCUT2D eigenvalue weighted by Gasteiger charge is 2.44. The smallest absolute Gasteiger partial charge is 0.377 e. The molecule has 7 heteroatoms. The van der Waals surface area contributed by atoms with Crippen LogP contribution in [0.2, 0.25) is 0 Å². The molecule has 0 saturated carbocycles. The Morgan fingerprint density at radius 2 is 1.63 bits per heavy atom. The predicted molar refractivity (Wildman–Crippen MR) is 74.0 cm³/mol. The molecule has 0 aromatic heterocycles. The maximum atomic E-state index is 5.95. The van der Waals surface area contributed by atoms with Gasteiger partial charge in [0.05, 0.1) is 32.6 Å². The van der Waals surface area contributed by atoms with Gasteiger partial charge in [-0.25, -0.2) is 0 Å². The molecule has 0 spiro atoms. The molecule has 112 valence electrons. The van der Waals surface area contributed by atoms with Gasteiger partial charge in [-0.1, -0.05) is 0 Å². The number of hydrogen-bond acceptors (Lipinski definition) is 6. The van der Waals surface area contributed by atoms with Crippen molar-refractivity contribution in [1.82, 2.24) is 9.80 Å². The second kappa shape index (κ2) is 7.68. The zero-order valence-corrected chi connectivity index (χ0v) is 13.1. The largest absolute Gasteiger partial charge is 0.515 e. The van der Waals surface area contributed by atoms with E-state index in [1.54, 1.807) is 0 Å². The summed E-state index contributed by atoms with van der Waals surface area (Å²) < 4.78 is 23.2. The van der Waals surface area contributed by atoms with Crippen LogP contribution in [-0.2, 0) is 18.0 Å². The molecule has 0 amide bonds. The van der Waals surface area contributed by atoms with E-state index in [9.17, 15) is 0 Å². The minimum Gasteiger partial charge on any atom is -0.377 e. The summed E-state index contributed by atoms with van der Waals surface area (Å²) in [5.74, 6) is 0. The van der Waals surface area contributed by atoms with Gasteiger partial charge in [-0.3, -0.25) is 4.90 Å². The molecule has 0 radical (unpaired) electrons. The lowest BCUT2D eigenvalue weighted by molar-refractivity contribution is -0.0226. The fraction of sp³-hybridized carbons (Fsp3) is 1.00. The molecule has 2 fully saturated rings. The highest BCUT2D eigenvalue weighted by atomic mass is 28.4. The van der Waals surface area contributed by atoms with Crippen molar-refractivity contribution in [2.75, 3.05) is 72.4 Å². The average Bonchev–Trinajstić information content (AvgIpc) is 2.37.